The molecule has 0 saturated carbocycles. The highest BCUT2D eigenvalue weighted by Crippen LogP contribution is 2.11. The third kappa shape index (κ3) is 5.63. The number of carbonyl (C=O) groups excluding carboxylic acids is 1. The van der Waals surface area contributed by atoms with Crippen molar-refractivity contribution in [3.63, 3.8) is 0 Å². The fraction of sp³-hybridized carbons (Fsp3) is 0.538. The maximum Gasteiger partial charge on any atom is 0.407 e. The molecule has 5 nitrogen and oxygen atoms in total. The Kier molecular flexibility index (Phi) is 5.09. The van der Waals surface area contributed by atoms with E-state index < -0.39 is 11.7 Å². The van der Waals surface area contributed by atoms with Crippen LogP contribution in [0.15, 0.2) is 24.5 Å². The molecule has 1 rings (SSSR count). The molecule has 1 unspecified atom stereocenters. The minimum absolute atomic E-state index is 0.131. The van der Waals surface area contributed by atoms with Crippen molar-refractivity contribution in [3.8, 4) is 0 Å². The molecule has 0 spiro atoms. The van der Waals surface area contributed by atoms with Crippen LogP contribution in [-0.4, -0.2) is 23.2 Å². The molecule has 0 bridgehead atoms. The zero-order valence-corrected chi connectivity index (χ0v) is 11.1. The van der Waals surface area contributed by atoms with Crippen LogP contribution < -0.4 is 11.1 Å². The fourth-order valence-corrected chi connectivity index (χ4v) is 1.41. The Bertz CT molecular complexity index is 374. The lowest BCUT2D eigenvalue weighted by Crippen LogP contribution is -2.34. The molecule has 18 heavy (non-hydrogen) atoms. The molecule has 1 aromatic heterocycles. The number of hydrogen-bond acceptors (Lipinski definition) is 4. The van der Waals surface area contributed by atoms with Crippen LogP contribution in [0, 0.1) is 0 Å². The largest absolute Gasteiger partial charge is 0.444 e. The number of alkyl carbamates (subject to hydrolysis) is 1. The van der Waals surface area contributed by atoms with E-state index >= 15 is 0 Å². The molecule has 3 N–H and O–H groups in total. The molecule has 1 heterocycles. The summed E-state index contributed by atoms with van der Waals surface area (Å²) in [6, 6.07) is 3.63. The van der Waals surface area contributed by atoms with Gasteiger partial charge in [-0.15, -0.1) is 0 Å². The number of ether oxygens (including phenoxy) is 1. The SMILES string of the molecule is CC(C)(C)OC(=O)NCCC(N)c1cccnc1. The highest BCUT2D eigenvalue weighted by molar-refractivity contribution is 5.67. The van der Waals surface area contributed by atoms with Crippen molar-refractivity contribution >= 4 is 6.09 Å². The molecule has 0 aliphatic carbocycles. The van der Waals surface area contributed by atoms with Crippen LogP contribution in [0.3, 0.4) is 0 Å². The minimum Gasteiger partial charge on any atom is -0.444 e. The zero-order valence-electron chi connectivity index (χ0n) is 11.1. The van der Waals surface area contributed by atoms with Crippen LogP contribution in [0.25, 0.3) is 0 Å². The van der Waals surface area contributed by atoms with Crippen LogP contribution in [0.1, 0.15) is 38.8 Å². The second-order valence-corrected chi connectivity index (χ2v) is 5.11. The fourth-order valence-electron chi connectivity index (χ4n) is 1.41. The van der Waals surface area contributed by atoms with Gasteiger partial charge in [-0.2, -0.15) is 0 Å². The molecule has 0 aromatic carbocycles. The van der Waals surface area contributed by atoms with E-state index in [1.54, 1.807) is 12.4 Å². The number of nitrogens with one attached hydrogen (secondary N) is 1. The standard InChI is InChI=1S/C13H21N3O2/c1-13(2,3)18-12(17)16-8-6-11(14)10-5-4-7-15-9-10/h4-5,7,9,11H,6,8,14H2,1-3H3,(H,16,17). The number of pyridine rings is 1. The first-order chi connectivity index (χ1) is 8.38. The number of carbonyl (C=O) groups is 1. The zero-order chi connectivity index (χ0) is 13.6. The van der Waals surface area contributed by atoms with Crippen LogP contribution in [0.2, 0.25) is 0 Å². The molecule has 1 atom stereocenters. The summed E-state index contributed by atoms with van der Waals surface area (Å²) in [5, 5.41) is 2.68. The maximum absolute atomic E-state index is 11.4. The molecular weight excluding hydrogens is 230 g/mol. The van der Waals surface area contributed by atoms with Gasteiger partial charge in [-0.25, -0.2) is 4.79 Å². The first kappa shape index (κ1) is 14.4. The van der Waals surface area contributed by atoms with Crippen molar-refractivity contribution < 1.29 is 9.53 Å². The van der Waals surface area contributed by atoms with Gasteiger partial charge in [0, 0.05) is 25.0 Å². The molecule has 0 aliphatic rings. The molecule has 1 aromatic rings. The Balaban J connectivity index is 2.28. The van der Waals surface area contributed by atoms with Crippen LogP contribution in [0.5, 0.6) is 0 Å². The summed E-state index contributed by atoms with van der Waals surface area (Å²) in [4.78, 5) is 15.4. The summed E-state index contributed by atoms with van der Waals surface area (Å²) in [5.74, 6) is 0. The van der Waals surface area contributed by atoms with Crippen molar-refractivity contribution in [2.24, 2.45) is 5.73 Å². The minimum atomic E-state index is -0.477. The highest BCUT2D eigenvalue weighted by Gasteiger charge is 2.15. The summed E-state index contributed by atoms with van der Waals surface area (Å²) in [6.07, 6.45) is 3.67. The van der Waals surface area contributed by atoms with Crippen molar-refractivity contribution in [2.45, 2.75) is 38.8 Å². The third-order valence-corrected chi connectivity index (χ3v) is 2.24. The molecule has 0 radical (unpaired) electrons. The Hall–Kier alpha value is -1.62. The van der Waals surface area contributed by atoms with Crippen LogP contribution in [-0.2, 0) is 4.74 Å². The number of nitrogens with zero attached hydrogens (tertiary/aromatic N) is 1. The maximum atomic E-state index is 11.4. The van der Waals surface area contributed by atoms with Crippen molar-refractivity contribution in [1.29, 1.82) is 0 Å². The van der Waals surface area contributed by atoms with Crippen molar-refractivity contribution in [2.75, 3.05) is 6.54 Å². The van der Waals surface area contributed by atoms with Gasteiger partial charge in [-0.1, -0.05) is 6.07 Å². The first-order valence-corrected chi connectivity index (χ1v) is 6.01. The normalized spacial score (nSPS) is 12.9. The lowest BCUT2D eigenvalue weighted by Gasteiger charge is -2.20. The smallest absolute Gasteiger partial charge is 0.407 e. The van der Waals surface area contributed by atoms with E-state index in [1.165, 1.54) is 0 Å². The Morgan fingerprint density at radius 3 is 2.83 bits per heavy atom. The van der Waals surface area contributed by atoms with Crippen LogP contribution >= 0.6 is 0 Å². The Morgan fingerprint density at radius 1 is 1.56 bits per heavy atom. The predicted molar refractivity (Wildman–Crippen MR) is 70.0 cm³/mol. The second kappa shape index (κ2) is 6.35. The van der Waals surface area contributed by atoms with Gasteiger partial charge in [0.2, 0.25) is 0 Å². The quantitative estimate of drug-likeness (QED) is 0.858. The summed E-state index contributed by atoms with van der Waals surface area (Å²) >= 11 is 0. The Labute approximate surface area is 108 Å². The van der Waals surface area contributed by atoms with Gasteiger partial charge >= 0.3 is 6.09 Å². The molecule has 5 heteroatoms. The van der Waals surface area contributed by atoms with E-state index in [4.69, 9.17) is 10.5 Å². The number of hydrogen-bond donors (Lipinski definition) is 2. The molecule has 0 saturated heterocycles. The van der Waals surface area contributed by atoms with Gasteiger partial charge in [-0.3, -0.25) is 4.98 Å². The van der Waals surface area contributed by atoms with Gasteiger partial charge in [0.1, 0.15) is 5.60 Å². The third-order valence-electron chi connectivity index (χ3n) is 2.24. The second-order valence-electron chi connectivity index (χ2n) is 5.11. The van der Waals surface area contributed by atoms with Gasteiger partial charge in [-0.05, 0) is 38.8 Å². The average Bonchev–Trinajstić information content (AvgIpc) is 2.27. The average molecular weight is 251 g/mol. The topological polar surface area (TPSA) is 77.2 Å². The van der Waals surface area contributed by atoms with E-state index in [9.17, 15) is 4.79 Å². The van der Waals surface area contributed by atoms with Crippen molar-refractivity contribution in [1.82, 2.24) is 10.3 Å². The number of aromatic nitrogens is 1. The monoisotopic (exact) mass is 251 g/mol. The highest BCUT2D eigenvalue weighted by atomic mass is 16.6. The number of nitrogens with two attached hydrogens (primary N) is 1. The van der Waals surface area contributed by atoms with Crippen molar-refractivity contribution in [3.05, 3.63) is 30.1 Å². The molecule has 0 fully saturated rings. The lowest BCUT2D eigenvalue weighted by molar-refractivity contribution is 0.0526. The first-order valence-electron chi connectivity index (χ1n) is 6.01. The molecule has 1 amide bonds. The summed E-state index contributed by atoms with van der Waals surface area (Å²) in [5.41, 5.74) is 6.46. The van der Waals surface area contributed by atoms with E-state index in [2.05, 4.69) is 10.3 Å². The van der Waals surface area contributed by atoms with E-state index in [0.29, 0.717) is 13.0 Å². The summed E-state index contributed by atoms with van der Waals surface area (Å²) < 4.78 is 5.12. The molecule has 0 aliphatic heterocycles. The summed E-state index contributed by atoms with van der Waals surface area (Å²) in [6.45, 7) is 5.96. The Morgan fingerprint density at radius 2 is 2.28 bits per heavy atom. The lowest BCUT2D eigenvalue weighted by atomic mass is 10.1. The summed E-state index contributed by atoms with van der Waals surface area (Å²) in [7, 11) is 0. The van der Waals surface area contributed by atoms with E-state index in [-0.39, 0.29) is 6.04 Å². The van der Waals surface area contributed by atoms with Gasteiger partial charge < -0.3 is 15.8 Å². The van der Waals surface area contributed by atoms with E-state index in [1.807, 2.05) is 32.9 Å². The van der Waals surface area contributed by atoms with Gasteiger partial charge in [0.25, 0.3) is 0 Å². The van der Waals surface area contributed by atoms with E-state index in [0.717, 1.165) is 5.56 Å². The molecular formula is C13H21N3O2. The van der Waals surface area contributed by atoms with Crippen LogP contribution in [0.4, 0.5) is 4.79 Å². The van der Waals surface area contributed by atoms with Gasteiger partial charge in [0.05, 0.1) is 0 Å². The van der Waals surface area contributed by atoms with Gasteiger partial charge in [0.15, 0.2) is 0 Å². The molecule has 100 valence electrons. The number of amides is 1. The number of rotatable bonds is 4. The predicted octanol–water partition coefficient (Wildman–Crippen LogP) is 2.00.